The Morgan fingerprint density at radius 1 is 1.05 bits per heavy atom. The number of carbonyl (C=O) groups excluding carboxylic acids is 1. The molecule has 1 fully saturated rings. The SMILES string of the molecule is Cc1ccc(C(=O)N2CCN(c3cnccn3)CC2)cc1. The van der Waals surface area contributed by atoms with Gasteiger partial charge < -0.3 is 9.80 Å². The molecule has 0 bridgehead atoms. The van der Waals surface area contributed by atoms with Crippen LogP contribution < -0.4 is 4.90 Å². The van der Waals surface area contributed by atoms with Gasteiger partial charge in [-0.25, -0.2) is 4.98 Å². The molecule has 5 heteroatoms. The molecule has 1 aromatic carbocycles. The molecule has 108 valence electrons. The van der Waals surface area contributed by atoms with Gasteiger partial charge in [-0.2, -0.15) is 0 Å². The fourth-order valence-electron chi connectivity index (χ4n) is 2.47. The first kappa shape index (κ1) is 13.5. The van der Waals surface area contributed by atoms with Gasteiger partial charge in [-0.3, -0.25) is 9.78 Å². The summed E-state index contributed by atoms with van der Waals surface area (Å²) >= 11 is 0. The molecule has 2 aromatic rings. The molecule has 0 N–H and O–H groups in total. The largest absolute Gasteiger partial charge is 0.352 e. The van der Waals surface area contributed by atoms with Crippen molar-refractivity contribution in [3.63, 3.8) is 0 Å². The third-order valence-electron chi connectivity index (χ3n) is 3.74. The monoisotopic (exact) mass is 282 g/mol. The van der Waals surface area contributed by atoms with Crippen molar-refractivity contribution < 1.29 is 4.79 Å². The minimum absolute atomic E-state index is 0.105. The summed E-state index contributed by atoms with van der Waals surface area (Å²) in [6.07, 6.45) is 5.12. The number of benzene rings is 1. The van der Waals surface area contributed by atoms with E-state index in [1.807, 2.05) is 36.1 Å². The molecule has 1 saturated heterocycles. The molecule has 0 spiro atoms. The highest BCUT2D eigenvalue weighted by Gasteiger charge is 2.22. The van der Waals surface area contributed by atoms with Crippen molar-refractivity contribution in [2.75, 3.05) is 31.1 Å². The summed E-state index contributed by atoms with van der Waals surface area (Å²) in [7, 11) is 0. The third kappa shape index (κ3) is 3.02. The van der Waals surface area contributed by atoms with Crippen LogP contribution >= 0.6 is 0 Å². The summed E-state index contributed by atoms with van der Waals surface area (Å²) in [5.74, 6) is 0.980. The lowest BCUT2D eigenvalue weighted by atomic mass is 10.1. The van der Waals surface area contributed by atoms with Crippen molar-refractivity contribution in [3.8, 4) is 0 Å². The van der Waals surface area contributed by atoms with Crippen molar-refractivity contribution in [3.05, 3.63) is 54.0 Å². The van der Waals surface area contributed by atoms with E-state index >= 15 is 0 Å². The van der Waals surface area contributed by atoms with Gasteiger partial charge in [0.1, 0.15) is 5.82 Å². The van der Waals surface area contributed by atoms with E-state index in [0.29, 0.717) is 13.1 Å². The molecule has 3 rings (SSSR count). The number of amides is 1. The van der Waals surface area contributed by atoms with Crippen LogP contribution in [0.1, 0.15) is 15.9 Å². The van der Waals surface area contributed by atoms with E-state index < -0.39 is 0 Å². The standard InChI is InChI=1S/C16H18N4O/c1-13-2-4-14(5-3-13)16(21)20-10-8-19(9-11-20)15-12-17-6-7-18-15/h2-7,12H,8-11H2,1H3. The number of aryl methyl sites for hydroxylation is 1. The van der Waals surface area contributed by atoms with Crippen LogP contribution in [0.3, 0.4) is 0 Å². The van der Waals surface area contributed by atoms with Gasteiger partial charge in [0.25, 0.3) is 5.91 Å². The van der Waals surface area contributed by atoms with Crippen LogP contribution in [-0.2, 0) is 0 Å². The molecule has 5 nitrogen and oxygen atoms in total. The Morgan fingerprint density at radius 2 is 1.76 bits per heavy atom. The highest BCUT2D eigenvalue weighted by atomic mass is 16.2. The number of anilines is 1. The Kier molecular flexibility index (Phi) is 3.81. The minimum Gasteiger partial charge on any atom is -0.352 e. The first-order chi connectivity index (χ1) is 10.2. The minimum atomic E-state index is 0.105. The molecule has 0 aliphatic carbocycles. The number of carbonyl (C=O) groups is 1. The van der Waals surface area contributed by atoms with Gasteiger partial charge in [-0.05, 0) is 19.1 Å². The average Bonchev–Trinajstić information content (AvgIpc) is 2.56. The highest BCUT2D eigenvalue weighted by Crippen LogP contribution is 2.14. The molecular formula is C16H18N4O. The zero-order valence-corrected chi connectivity index (χ0v) is 12.1. The van der Waals surface area contributed by atoms with Crippen LogP contribution in [0, 0.1) is 6.92 Å². The number of piperazine rings is 1. The van der Waals surface area contributed by atoms with Gasteiger partial charge >= 0.3 is 0 Å². The van der Waals surface area contributed by atoms with E-state index in [1.165, 1.54) is 5.56 Å². The second-order valence-corrected chi connectivity index (χ2v) is 5.21. The summed E-state index contributed by atoms with van der Waals surface area (Å²) < 4.78 is 0. The van der Waals surface area contributed by atoms with E-state index in [4.69, 9.17) is 0 Å². The molecule has 0 saturated carbocycles. The normalized spacial score (nSPS) is 15.1. The summed E-state index contributed by atoms with van der Waals surface area (Å²) in [6.45, 7) is 5.02. The van der Waals surface area contributed by atoms with E-state index in [-0.39, 0.29) is 5.91 Å². The van der Waals surface area contributed by atoms with Gasteiger partial charge in [-0.1, -0.05) is 17.7 Å². The van der Waals surface area contributed by atoms with Crippen molar-refractivity contribution in [1.29, 1.82) is 0 Å². The van der Waals surface area contributed by atoms with Crippen LogP contribution in [0.2, 0.25) is 0 Å². The van der Waals surface area contributed by atoms with Crippen LogP contribution in [0.25, 0.3) is 0 Å². The zero-order valence-electron chi connectivity index (χ0n) is 12.1. The average molecular weight is 282 g/mol. The number of aromatic nitrogens is 2. The van der Waals surface area contributed by atoms with E-state index in [0.717, 1.165) is 24.5 Å². The van der Waals surface area contributed by atoms with E-state index in [1.54, 1.807) is 18.6 Å². The number of hydrogen-bond donors (Lipinski definition) is 0. The fourth-order valence-corrected chi connectivity index (χ4v) is 2.47. The van der Waals surface area contributed by atoms with Gasteiger partial charge in [-0.15, -0.1) is 0 Å². The first-order valence-corrected chi connectivity index (χ1v) is 7.11. The fraction of sp³-hybridized carbons (Fsp3) is 0.312. The number of hydrogen-bond acceptors (Lipinski definition) is 4. The maximum atomic E-state index is 12.4. The molecular weight excluding hydrogens is 264 g/mol. The second-order valence-electron chi connectivity index (χ2n) is 5.21. The van der Waals surface area contributed by atoms with Gasteiger partial charge in [0, 0.05) is 44.1 Å². The lowest BCUT2D eigenvalue weighted by Gasteiger charge is -2.35. The molecule has 1 aliphatic rings. The zero-order chi connectivity index (χ0) is 14.7. The van der Waals surface area contributed by atoms with E-state index in [2.05, 4.69) is 14.9 Å². The van der Waals surface area contributed by atoms with Gasteiger partial charge in [0.15, 0.2) is 0 Å². The lowest BCUT2D eigenvalue weighted by molar-refractivity contribution is 0.0746. The Morgan fingerprint density at radius 3 is 2.38 bits per heavy atom. The molecule has 0 unspecified atom stereocenters. The maximum absolute atomic E-state index is 12.4. The topological polar surface area (TPSA) is 49.3 Å². The predicted molar refractivity (Wildman–Crippen MR) is 81.3 cm³/mol. The number of nitrogens with zero attached hydrogens (tertiary/aromatic N) is 4. The van der Waals surface area contributed by atoms with Crippen LogP contribution in [0.4, 0.5) is 5.82 Å². The Bertz CT molecular complexity index is 604. The molecule has 2 heterocycles. The second kappa shape index (κ2) is 5.91. The van der Waals surface area contributed by atoms with Crippen molar-refractivity contribution in [2.45, 2.75) is 6.92 Å². The summed E-state index contributed by atoms with van der Waals surface area (Å²) in [4.78, 5) is 24.9. The molecule has 1 aliphatic heterocycles. The number of rotatable bonds is 2. The first-order valence-electron chi connectivity index (χ1n) is 7.11. The highest BCUT2D eigenvalue weighted by molar-refractivity contribution is 5.94. The molecule has 21 heavy (non-hydrogen) atoms. The van der Waals surface area contributed by atoms with Crippen LogP contribution in [0.5, 0.6) is 0 Å². The maximum Gasteiger partial charge on any atom is 0.253 e. The Balaban J connectivity index is 1.63. The van der Waals surface area contributed by atoms with Crippen molar-refractivity contribution in [1.82, 2.24) is 14.9 Å². The van der Waals surface area contributed by atoms with Gasteiger partial charge in [0.05, 0.1) is 6.20 Å². The molecule has 1 aromatic heterocycles. The quantitative estimate of drug-likeness (QED) is 0.842. The Labute approximate surface area is 124 Å². The van der Waals surface area contributed by atoms with Crippen molar-refractivity contribution >= 4 is 11.7 Å². The summed E-state index contributed by atoms with van der Waals surface area (Å²) in [6, 6.07) is 7.74. The molecule has 0 radical (unpaired) electrons. The molecule has 0 atom stereocenters. The van der Waals surface area contributed by atoms with Crippen molar-refractivity contribution in [2.24, 2.45) is 0 Å². The third-order valence-corrected chi connectivity index (χ3v) is 3.74. The lowest BCUT2D eigenvalue weighted by Crippen LogP contribution is -2.49. The van der Waals surface area contributed by atoms with Gasteiger partial charge in [0.2, 0.25) is 0 Å². The summed E-state index contributed by atoms with van der Waals surface area (Å²) in [5.41, 5.74) is 1.92. The van der Waals surface area contributed by atoms with Crippen LogP contribution in [-0.4, -0.2) is 47.0 Å². The smallest absolute Gasteiger partial charge is 0.253 e. The Hall–Kier alpha value is -2.43. The van der Waals surface area contributed by atoms with Crippen LogP contribution in [0.15, 0.2) is 42.9 Å². The van der Waals surface area contributed by atoms with E-state index in [9.17, 15) is 4.79 Å². The molecule has 1 amide bonds. The predicted octanol–water partition coefficient (Wildman–Crippen LogP) is 1.75. The summed E-state index contributed by atoms with van der Waals surface area (Å²) in [5, 5.41) is 0.